The molecule has 19 heavy (non-hydrogen) atoms. The molecule has 0 aliphatic heterocycles. The summed E-state index contributed by atoms with van der Waals surface area (Å²) in [5.41, 5.74) is 1.94. The van der Waals surface area contributed by atoms with Crippen LogP contribution >= 0.6 is 0 Å². The Hall–Kier alpha value is -1.13. The molecule has 1 aromatic carbocycles. The zero-order chi connectivity index (χ0) is 14.4. The summed E-state index contributed by atoms with van der Waals surface area (Å²) in [6.07, 6.45) is 0. The number of hydrogen-bond acceptors (Lipinski definition) is 3. The Kier molecular flexibility index (Phi) is 6.25. The van der Waals surface area contributed by atoms with E-state index in [-0.39, 0.29) is 5.82 Å². The molecule has 0 heterocycles. The molecule has 4 heteroatoms. The van der Waals surface area contributed by atoms with E-state index < -0.39 is 0 Å². The molecule has 0 spiro atoms. The third-order valence-corrected chi connectivity index (χ3v) is 3.16. The van der Waals surface area contributed by atoms with E-state index in [1.165, 1.54) is 0 Å². The summed E-state index contributed by atoms with van der Waals surface area (Å²) in [7, 11) is 5.99. The van der Waals surface area contributed by atoms with Gasteiger partial charge < -0.3 is 15.1 Å². The summed E-state index contributed by atoms with van der Waals surface area (Å²) < 4.78 is 13.7. The maximum absolute atomic E-state index is 13.7. The first-order valence-corrected chi connectivity index (χ1v) is 6.83. The van der Waals surface area contributed by atoms with Crippen LogP contribution in [0, 0.1) is 5.82 Å². The van der Waals surface area contributed by atoms with Gasteiger partial charge in [0.15, 0.2) is 0 Å². The van der Waals surface area contributed by atoms with Gasteiger partial charge in [-0.3, -0.25) is 0 Å². The second-order valence-corrected chi connectivity index (χ2v) is 5.25. The summed E-state index contributed by atoms with van der Waals surface area (Å²) in [5.74, 6) is -0.168. The molecule has 0 radical (unpaired) electrons. The van der Waals surface area contributed by atoms with Crippen LogP contribution in [0.1, 0.15) is 19.4 Å². The Morgan fingerprint density at radius 1 is 1.26 bits per heavy atom. The first-order valence-electron chi connectivity index (χ1n) is 6.83. The van der Waals surface area contributed by atoms with Crippen molar-refractivity contribution in [1.29, 1.82) is 0 Å². The number of nitrogens with one attached hydrogen (secondary N) is 1. The van der Waals surface area contributed by atoms with E-state index in [9.17, 15) is 4.39 Å². The van der Waals surface area contributed by atoms with Gasteiger partial charge in [0.2, 0.25) is 0 Å². The molecule has 1 rings (SSSR count). The Morgan fingerprint density at radius 2 is 1.95 bits per heavy atom. The van der Waals surface area contributed by atoms with Crippen molar-refractivity contribution in [2.24, 2.45) is 0 Å². The fourth-order valence-electron chi connectivity index (χ4n) is 2.48. The first kappa shape index (κ1) is 15.9. The minimum absolute atomic E-state index is 0.168. The van der Waals surface area contributed by atoms with Crippen LogP contribution < -0.4 is 10.2 Å². The lowest BCUT2D eigenvalue weighted by molar-refractivity contribution is 0.373. The van der Waals surface area contributed by atoms with E-state index in [0.29, 0.717) is 12.6 Å². The lowest BCUT2D eigenvalue weighted by Crippen LogP contribution is -2.40. The van der Waals surface area contributed by atoms with Crippen LogP contribution in [0.3, 0.4) is 0 Å². The van der Waals surface area contributed by atoms with Gasteiger partial charge in [0, 0.05) is 31.4 Å². The monoisotopic (exact) mass is 267 g/mol. The molecular formula is C15H26FN3. The molecule has 3 nitrogen and oxygen atoms in total. The molecule has 1 aromatic rings. The molecule has 108 valence electrons. The van der Waals surface area contributed by atoms with Crippen molar-refractivity contribution in [2.75, 3.05) is 39.1 Å². The molecule has 1 N–H and O–H groups in total. The summed E-state index contributed by atoms with van der Waals surface area (Å²) in [6.45, 7) is 6.79. The summed E-state index contributed by atoms with van der Waals surface area (Å²) in [6, 6.07) is 5.62. The van der Waals surface area contributed by atoms with Crippen LogP contribution in [0.25, 0.3) is 0 Å². The fourth-order valence-corrected chi connectivity index (χ4v) is 2.48. The highest BCUT2D eigenvalue weighted by atomic mass is 19.1. The van der Waals surface area contributed by atoms with Crippen molar-refractivity contribution in [2.45, 2.75) is 26.4 Å². The third kappa shape index (κ3) is 4.80. The van der Waals surface area contributed by atoms with E-state index in [2.05, 4.69) is 49.1 Å². The lowest BCUT2D eigenvalue weighted by atomic mass is 10.1. The van der Waals surface area contributed by atoms with E-state index in [4.69, 9.17) is 0 Å². The van der Waals surface area contributed by atoms with Crippen LogP contribution in [0.5, 0.6) is 0 Å². The second-order valence-electron chi connectivity index (χ2n) is 5.25. The van der Waals surface area contributed by atoms with Gasteiger partial charge in [-0.2, -0.15) is 0 Å². The van der Waals surface area contributed by atoms with E-state index in [0.717, 1.165) is 24.3 Å². The van der Waals surface area contributed by atoms with Crippen LogP contribution in [0.2, 0.25) is 0 Å². The highest BCUT2D eigenvalue weighted by molar-refractivity contribution is 5.50. The first-order chi connectivity index (χ1) is 8.97. The van der Waals surface area contributed by atoms with Gasteiger partial charge in [0.25, 0.3) is 0 Å². The average Bonchev–Trinajstić information content (AvgIpc) is 2.28. The van der Waals surface area contributed by atoms with Gasteiger partial charge in [0.05, 0.1) is 0 Å². The van der Waals surface area contributed by atoms with Crippen LogP contribution in [0.4, 0.5) is 10.1 Å². The molecule has 1 unspecified atom stereocenters. The summed E-state index contributed by atoms with van der Waals surface area (Å²) in [5, 5.41) is 3.06. The Labute approximate surface area is 116 Å². The Balaban J connectivity index is 2.96. The predicted molar refractivity (Wildman–Crippen MR) is 80.2 cm³/mol. The highest BCUT2D eigenvalue weighted by Crippen LogP contribution is 2.21. The van der Waals surface area contributed by atoms with Crippen molar-refractivity contribution >= 4 is 5.69 Å². The molecule has 0 aromatic heterocycles. The SMILES string of the molecule is CCN(c1cc(F)cc(CNC)c1)C(C)CN(C)C. The quantitative estimate of drug-likeness (QED) is 0.818. The molecule has 0 saturated carbocycles. The number of hydrogen-bond donors (Lipinski definition) is 1. The normalized spacial score (nSPS) is 12.8. The molecule has 0 saturated heterocycles. The maximum atomic E-state index is 13.7. The van der Waals surface area contributed by atoms with Crippen molar-refractivity contribution in [1.82, 2.24) is 10.2 Å². The van der Waals surface area contributed by atoms with Gasteiger partial charge in [-0.15, -0.1) is 0 Å². The highest BCUT2D eigenvalue weighted by Gasteiger charge is 2.15. The second kappa shape index (κ2) is 7.46. The van der Waals surface area contributed by atoms with Gasteiger partial charge in [0.1, 0.15) is 5.82 Å². The molecule has 1 atom stereocenters. The Bertz CT molecular complexity index is 393. The van der Waals surface area contributed by atoms with Crippen LogP contribution in [-0.4, -0.2) is 45.2 Å². The number of anilines is 1. The molecule has 0 amide bonds. The standard InChI is InChI=1S/C15H26FN3/c1-6-19(12(2)11-18(4)5)15-8-13(10-17-3)7-14(16)9-15/h7-9,12,17H,6,10-11H2,1-5H3. The molecule has 0 fully saturated rings. The van der Waals surface area contributed by atoms with Crippen molar-refractivity contribution in [3.63, 3.8) is 0 Å². The minimum Gasteiger partial charge on any atom is -0.368 e. The summed E-state index contributed by atoms with van der Waals surface area (Å²) in [4.78, 5) is 4.39. The number of likely N-dealkylation sites (N-methyl/N-ethyl adjacent to an activating group) is 2. The zero-order valence-corrected chi connectivity index (χ0v) is 12.7. The Morgan fingerprint density at radius 3 is 2.47 bits per heavy atom. The third-order valence-electron chi connectivity index (χ3n) is 3.16. The van der Waals surface area contributed by atoms with Gasteiger partial charge in [-0.05, 0) is 58.8 Å². The molecule has 0 bridgehead atoms. The zero-order valence-electron chi connectivity index (χ0n) is 12.7. The molecule has 0 aliphatic carbocycles. The van der Waals surface area contributed by atoms with Crippen molar-refractivity contribution in [3.05, 3.63) is 29.6 Å². The van der Waals surface area contributed by atoms with Crippen LogP contribution in [0.15, 0.2) is 18.2 Å². The number of rotatable bonds is 7. The predicted octanol–water partition coefficient (Wildman–Crippen LogP) is 2.32. The van der Waals surface area contributed by atoms with E-state index in [1.807, 2.05) is 7.05 Å². The topological polar surface area (TPSA) is 18.5 Å². The number of nitrogens with zero attached hydrogens (tertiary/aromatic N) is 2. The van der Waals surface area contributed by atoms with Crippen molar-refractivity contribution in [3.8, 4) is 0 Å². The largest absolute Gasteiger partial charge is 0.368 e. The molecular weight excluding hydrogens is 241 g/mol. The average molecular weight is 267 g/mol. The smallest absolute Gasteiger partial charge is 0.125 e. The van der Waals surface area contributed by atoms with Crippen LogP contribution in [-0.2, 0) is 6.54 Å². The van der Waals surface area contributed by atoms with Gasteiger partial charge in [-0.1, -0.05) is 0 Å². The lowest BCUT2D eigenvalue weighted by Gasteiger charge is -2.32. The van der Waals surface area contributed by atoms with E-state index >= 15 is 0 Å². The van der Waals surface area contributed by atoms with Gasteiger partial charge >= 0.3 is 0 Å². The van der Waals surface area contributed by atoms with E-state index in [1.54, 1.807) is 12.1 Å². The minimum atomic E-state index is -0.168. The maximum Gasteiger partial charge on any atom is 0.125 e. The molecule has 0 aliphatic rings. The van der Waals surface area contributed by atoms with Crippen molar-refractivity contribution < 1.29 is 4.39 Å². The van der Waals surface area contributed by atoms with Gasteiger partial charge in [-0.25, -0.2) is 4.39 Å². The summed E-state index contributed by atoms with van der Waals surface area (Å²) >= 11 is 0. The fraction of sp³-hybridized carbons (Fsp3) is 0.600. The number of halogens is 1. The number of benzene rings is 1.